The second-order valence-corrected chi connectivity index (χ2v) is 5.67. The van der Waals surface area contributed by atoms with Crippen LogP contribution >= 0.6 is 15.9 Å². The molecule has 0 aliphatic rings. The van der Waals surface area contributed by atoms with E-state index in [0.717, 1.165) is 24.3 Å². The van der Waals surface area contributed by atoms with Gasteiger partial charge in [-0.1, -0.05) is 15.9 Å². The monoisotopic (exact) mass is 401 g/mol. The van der Waals surface area contributed by atoms with Crippen LogP contribution < -0.4 is 5.32 Å². The van der Waals surface area contributed by atoms with Crippen LogP contribution in [-0.2, 0) is 10.9 Å². The van der Waals surface area contributed by atoms with Crippen molar-refractivity contribution in [2.24, 2.45) is 0 Å². The highest BCUT2D eigenvalue weighted by molar-refractivity contribution is 9.10. The molecule has 0 bridgehead atoms. The quantitative estimate of drug-likeness (QED) is 0.769. The lowest BCUT2D eigenvalue weighted by molar-refractivity contribution is -0.137. The van der Waals surface area contributed by atoms with Crippen molar-refractivity contribution in [3.8, 4) is 0 Å². The van der Waals surface area contributed by atoms with Gasteiger partial charge in [-0.25, -0.2) is 4.79 Å². The van der Waals surface area contributed by atoms with Crippen LogP contribution in [0.3, 0.4) is 0 Å². The maximum absolute atomic E-state index is 12.5. The Morgan fingerprint density at radius 2 is 1.62 bits per heavy atom. The number of rotatable bonds is 3. The smallest absolute Gasteiger partial charge is 0.416 e. The number of halogens is 4. The highest BCUT2D eigenvalue weighted by atomic mass is 79.9. The summed E-state index contributed by atoms with van der Waals surface area (Å²) in [6.07, 6.45) is -4.44. The zero-order chi connectivity index (χ0) is 17.9. The van der Waals surface area contributed by atoms with Crippen LogP contribution in [-0.4, -0.2) is 19.0 Å². The number of carbonyl (C=O) groups is 2. The van der Waals surface area contributed by atoms with Crippen LogP contribution in [0.4, 0.5) is 18.9 Å². The van der Waals surface area contributed by atoms with E-state index in [1.807, 2.05) is 0 Å². The van der Waals surface area contributed by atoms with Crippen LogP contribution in [0, 0.1) is 0 Å². The molecule has 0 fully saturated rings. The first kappa shape index (κ1) is 18.0. The number of esters is 1. The number of benzene rings is 2. The zero-order valence-electron chi connectivity index (χ0n) is 12.3. The zero-order valence-corrected chi connectivity index (χ0v) is 13.9. The number of hydrogen-bond donors (Lipinski definition) is 1. The number of amides is 1. The lowest BCUT2D eigenvalue weighted by Crippen LogP contribution is -2.14. The summed E-state index contributed by atoms with van der Waals surface area (Å²) in [7, 11) is 1.21. The average molecular weight is 402 g/mol. The molecule has 2 rings (SSSR count). The minimum absolute atomic E-state index is 0.157. The van der Waals surface area contributed by atoms with Crippen molar-refractivity contribution in [1.82, 2.24) is 0 Å². The fourth-order valence-corrected chi connectivity index (χ4v) is 2.40. The van der Waals surface area contributed by atoms with Crippen molar-refractivity contribution >= 4 is 33.5 Å². The molecule has 0 radical (unpaired) electrons. The molecule has 0 atom stereocenters. The lowest BCUT2D eigenvalue weighted by Gasteiger charge is -2.10. The molecule has 8 heteroatoms. The molecule has 1 N–H and O–H groups in total. The largest absolute Gasteiger partial charge is 0.465 e. The third-order valence-corrected chi connectivity index (χ3v) is 3.51. The van der Waals surface area contributed by atoms with Crippen molar-refractivity contribution in [3.05, 3.63) is 63.6 Å². The lowest BCUT2D eigenvalue weighted by atomic mass is 10.1. The molecular weight excluding hydrogens is 391 g/mol. The third kappa shape index (κ3) is 4.35. The van der Waals surface area contributed by atoms with Gasteiger partial charge in [0.2, 0.25) is 0 Å². The summed E-state index contributed by atoms with van der Waals surface area (Å²) < 4.78 is 42.6. The van der Waals surface area contributed by atoms with Crippen LogP contribution in [0.25, 0.3) is 0 Å². The Kier molecular flexibility index (Phi) is 5.28. The van der Waals surface area contributed by atoms with E-state index in [9.17, 15) is 22.8 Å². The maximum atomic E-state index is 12.5. The Labute approximate surface area is 143 Å². The molecule has 1 amide bonds. The Balaban J connectivity index is 2.21. The van der Waals surface area contributed by atoms with Gasteiger partial charge in [-0.3, -0.25) is 4.79 Å². The van der Waals surface area contributed by atoms with Crippen LogP contribution in [0.5, 0.6) is 0 Å². The molecule has 0 spiro atoms. The summed E-state index contributed by atoms with van der Waals surface area (Å²) in [5.41, 5.74) is -0.280. The van der Waals surface area contributed by atoms with Crippen LogP contribution in [0.15, 0.2) is 46.9 Å². The van der Waals surface area contributed by atoms with Gasteiger partial charge < -0.3 is 10.1 Å². The van der Waals surface area contributed by atoms with E-state index in [0.29, 0.717) is 4.47 Å². The Hall–Kier alpha value is -2.35. The molecule has 2 aromatic rings. The highest BCUT2D eigenvalue weighted by Crippen LogP contribution is 2.30. The summed E-state index contributed by atoms with van der Waals surface area (Å²) in [4.78, 5) is 23.8. The maximum Gasteiger partial charge on any atom is 0.416 e. The molecule has 4 nitrogen and oxygen atoms in total. The summed E-state index contributed by atoms with van der Waals surface area (Å²) in [6.45, 7) is 0. The number of carbonyl (C=O) groups excluding carboxylic acids is 2. The Morgan fingerprint density at radius 1 is 1.04 bits per heavy atom. The molecular formula is C16H11BrF3NO3. The Morgan fingerprint density at radius 3 is 2.17 bits per heavy atom. The summed E-state index contributed by atoms with van der Waals surface area (Å²) in [6, 6.07) is 8.34. The van der Waals surface area contributed by atoms with Gasteiger partial charge in [0.15, 0.2) is 0 Å². The predicted octanol–water partition coefficient (Wildman–Crippen LogP) is 4.51. The number of ether oxygens (including phenoxy) is 1. The molecule has 0 saturated heterocycles. The van der Waals surface area contributed by atoms with Gasteiger partial charge in [0.1, 0.15) is 0 Å². The highest BCUT2D eigenvalue weighted by Gasteiger charge is 2.30. The van der Waals surface area contributed by atoms with Gasteiger partial charge in [0, 0.05) is 15.7 Å². The molecule has 24 heavy (non-hydrogen) atoms. The number of anilines is 1. The van der Waals surface area contributed by atoms with Crippen molar-refractivity contribution in [1.29, 1.82) is 0 Å². The predicted molar refractivity (Wildman–Crippen MR) is 84.9 cm³/mol. The topological polar surface area (TPSA) is 55.4 Å². The standard InChI is InChI=1S/C16H11BrF3NO3/c1-24-15(23)10-6-9(7-12(17)8-10)14(22)21-13-4-2-11(3-5-13)16(18,19)20/h2-8H,1H3,(H,21,22). The first-order valence-corrected chi connectivity index (χ1v) is 7.37. The second kappa shape index (κ2) is 7.04. The summed E-state index contributed by atoms with van der Waals surface area (Å²) in [5.74, 6) is -1.18. The number of alkyl halides is 3. The number of nitrogens with one attached hydrogen (secondary N) is 1. The summed E-state index contributed by atoms with van der Waals surface area (Å²) in [5, 5.41) is 2.47. The van der Waals surface area contributed by atoms with Gasteiger partial charge in [0.25, 0.3) is 5.91 Å². The van der Waals surface area contributed by atoms with Crippen molar-refractivity contribution in [2.45, 2.75) is 6.18 Å². The number of methoxy groups -OCH3 is 1. The summed E-state index contributed by atoms with van der Waals surface area (Å²) >= 11 is 3.18. The van der Waals surface area contributed by atoms with E-state index in [1.165, 1.54) is 25.3 Å². The number of hydrogen-bond acceptors (Lipinski definition) is 3. The van der Waals surface area contributed by atoms with Crippen LogP contribution in [0.2, 0.25) is 0 Å². The van der Waals surface area contributed by atoms with E-state index in [4.69, 9.17) is 0 Å². The van der Waals surface area contributed by atoms with Crippen molar-refractivity contribution in [3.63, 3.8) is 0 Å². The molecule has 0 unspecified atom stereocenters. The van der Waals surface area contributed by atoms with E-state index >= 15 is 0 Å². The fraction of sp³-hybridized carbons (Fsp3) is 0.125. The molecule has 2 aromatic carbocycles. The van der Waals surface area contributed by atoms with Crippen molar-refractivity contribution < 1.29 is 27.5 Å². The average Bonchev–Trinajstić information content (AvgIpc) is 2.53. The van der Waals surface area contributed by atoms with Gasteiger partial charge in [-0.2, -0.15) is 13.2 Å². The SMILES string of the molecule is COC(=O)c1cc(Br)cc(C(=O)Nc2ccc(C(F)(F)F)cc2)c1. The van der Waals surface area contributed by atoms with Gasteiger partial charge >= 0.3 is 12.1 Å². The normalized spacial score (nSPS) is 11.0. The first-order chi connectivity index (χ1) is 11.2. The minimum atomic E-state index is -4.44. The molecule has 0 aliphatic heterocycles. The minimum Gasteiger partial charge on any atom is -0.465 e. The molecule has 0 aliphatic carbocycles. The molecule has 126 valence electrons. The van der Waals surface area contributed by atoms with E-state index < -0.39 is 23.6 Å². The van der Waals surface area contributed by atoms with E-state index in [-0.39, 0.29) is 16.8 Å². The van der Waals surface area contributed by atoms with E-state index in [2.05, 4.69) is 26.0 Å². The van der Waals surface area contributed by atoms with Gasteiger partial charge in [0.05, 0.1) is 18.2 Å². The van der Waals surface area contributed by atoms with Gasteiger partial charge in [-0.15, -0.1) is 0 Å². The molecule has 0 heterocycles. The van der Waals surface area contributed by atoms with Crippen molar-refractivity contribution in [2.75, 3.05) is 12.4 Å². The second-order valence-electron chi connectivity index (χ2n) is 4.75. The Bertz CT molecular complexity index is 773. The third-order valence-electron chi connectivity index (χ3n) is 3.05. The van der Waals surface area contributed by atoms with Crippen LogP contribution in [0.1, 0.15) is 26.3 Å². The molecule has 0 aromatic heterocycles. The van der Waals surface area contributed by atoms with Gasteiger partial charge in [-0.05, 0) is 42.5 Å². The molecule has 0 saturated carbocycles. The fourth-order valence-electron chi connectivity index (χ4n) is 1.90. The first-order valence-electron chi connectivity index (χ1n) is 6.58. The van der Waals surface area contributed by atoms with E-state index in [1.54, 1.807) is 0 Å².